The number of carbonyl (C=O) groups is 1. The monoisotopic (exact) mass is 200 g/mol. The van der Waals surface area contributed by atoms with E-state index >= 15 is 0 Å². The van der Waals surface area contributed by atoms with E-state index < -0.39 is 5.60 Å². The van der Waals surface area contributed by atoms with Gasteiger partial charge in [-0.2, -0.15) is 0 Å². The molecule has 14 heavy (non-hydrogen) atoms. The Morgan fingerprint density at radius 1 is 1.57 bits per heavy atom. The first kappa shape index (κ1) is 11.5. The first-order chi connectivity index (χ1) is 6.47. The lowest BCUT2D eigenvalue weighted by Crippen LogP contribution is -2.56. The molecule has 1 N–H and O–H groups in total. The lowest BCUT2D eigenvalue weighted by Gasteiger charge is -2.36. The van der Waals surface area contributed by atoms with Gasteiger partial charge in [0.1, 0.15) is 5.60 Å². The number of nitrogens with one attached hydrogen (secondary N) is 1. The summed E-state index contributed by atoms with van der Waals surface area (Å²) in [5.41, 5.74) is -0.697. The molecule has 0 aromatic carbocycles. The van der Waals surface area contributed by atoms with Crippen molar-refractivity contribution in [2.45, 2.75) is 32.4 Å². The van der Waals surface area contributed by atoms with Gasteiger partial charge in [0.15, 0.2) is 0 Å². The Balaban J connectivity index is 2.60. The van der Waals surface area contributed by atoms with Crippen LogP contribution in [0.15, 0.2) is 0 Å². The van der Waals surface area contributed by atoms with Crippen molar-refractivity contribution >= 4 is 5.91 Å². The molecule has 4 nitrogen and oxygen atoms in total. The maximum atomic E-state index is 12.0. The molecule has 82 valence electrons. The Bertz CT molecular complexity index is 216. The van der Waals surface area contributed by atoms with E-state index in [-0.39, 0.29) is 5.91 Å². The molecule has 1 rings (SSSR count). The van der Waals surface area contributed by atoms with E-state index in [2.05, 4.69) is 12.2 Å². The molecule has 0 saturated carbocycles. The lowest BCUT2D eigenvalue weighted by molar-refractivity contribution is -0.152. The highest BCUT2D eigenvalue weighted by Gasteiger charge is 2.33. The van der Waals surface area contributed by atoms with Crippen molar-refractivity contribution in [2.75, 3.05) is 26.7 Å². The van der Waals surface area contributed by atoms with Crippen molar-refractivity contribution in [1.29, 1.82) is 0 Å². The summed E-state index contributed by atoms with van der Waals surface area (Å²) in [6.45, 7) is 8.11. The van der Waals surface area contributed by atoms with E-state index in [1.165, 1.54) is 0 Å². The third-order valence-corrected chi connectivity index (χ3v) is 2.68. The molecule has 1 heterocycles. The number of hydrogen-bond donors (Lipinski definition) is 1. The summed E-state index contributed by atoms with van der Waals surface area (Å²) in [5.74, 6) is 0.0772. The number of carbonyl (C=O) groups excluding carboxylic acids is 1. The Morgan fingerprint density at radius 2 is 2.21 bits per heavy atom. The Morgan fingerprint density at radius 3 is 2.71 bits per heavy atom. The first-order valence-electron chi connectivity index (χ1n) is 5.05. The number of nitrogens with zero attached hydrogens (tertiary/aromatic N) is 1. The minimum Gasteiger partial charge on any atom is -0.369 e. The average molecular weight is 200 g/mol. The van der Waals surface area contributed by atoms with Gasteiger partial charge in [-0.05, 0) is 20.8 Å². The minimum absolute atomic E-state index is 0.0772. The number of hydrogen-bond acceptors (Lipinski definition) is 3. The fourth-order valence-corrected chi connectivity index (χ4v) is 1.58. The second kappa shape index (κ2) is 4.28. The standard InChI is InChI=1S/C10H20N2O2/c1-8-7-12(6-5-11-8)9(13)10(2,3)14-4/h8,11H,5-7H2,1-4H3/t8-/m0/s1. The Kier molecular flexibility index (Phi) is 3.50. The highest BCUT2D eigenvalue weighted by molar-refractivity contribution is 5.84. The van der Waals surface area contributed by atoms with Gasteiger partial charge in [0.05, 0.1) is 0 Å². The summed E-state index contributed by atoms with van der Waals surface area (Å²) in [6, 6.07) is 0.375. The quantitative estimate of drug-likeness (QED) is 0.694. The third-order valence-electron chi connectivity index (χ3n) is 2.68. The van der Waals surface area contributed by atoms with Crippen LogP contribution in [0.3, 0.4) is 0 Å². The van der Waals surface area contributed by atoms with Gasteiger partial charge >= 0.3 is 0 Å². The molecule has 1 amide bonds. The number of methoxy groups -OCH3 is 1. The number of amides is 1. The summed E-state index contributed by atoms with van der Waals surface area (Å²) in [6.07, 6.45) is 0. The van der Waals surface area contributed by atoms with Gasteiger partial charge in [0.25, 0.3) is 5.91 Å². The van der Waals surface area contributed by atoms with Crippen molar-refractivity contribution in [3.63, 3.8) is 0 Å². The van der Waals surface area contributed by atoms with E-state index in [9.17, 15) is 4.79 Å². The maximum Gasteiger partial charge on any atom is 0.254 e. The molecule has 0 bridgehead atoms. The average Bonchev–Trinajstić information content (AvgIpc) is 2.16. The zero-order valence-electron chi connectivity index (χ0n) is 9.46. The van der Waals surface area contributed by atoms with E-state index in [0.29, 0.717) is 6.04 Å². The molecule has 0 radical (unpaired) electrons. The van der Waals surface area contributed by atoms with Crippen LogP contribution in [0.2, 0.25) is 0 Å². The van der Waals surface area contributed by atoms with Gasteiger partial charge in [0.2, 0.25) is 0 Å². The molecule has 1 saturated heterocycles. The predicted molar refractivity (Wildman–Crippen MR) is 55.1 cm³/mol. The molecule has 1 aliphatic rings. The summed E-state index contributed by atoms with van der Waals surface area (Å²) in [4.78, 5) is 13.8. The highest BCUT2D eigenvalue weighted by atomic mass is 16.5. The van der Waals surface area contributed by atoms with Crippen molar-refractivity contribution in [3.05, 3.63) is 0 Å². The van der Waals surface area contributed by atoms with Crippen LogP contribution in [0, 0.1) is 0 Å². The van der Waals surface area contributed by atoms with Crippen LogP contribution in [0.5, 0.6) is 0 Å². The van der Waals surface area contributed by atoms with Gasteiger partial charge in [-0.15, -0.1) is 0 Å². The van der Waals surface area contributed by atoms with Crippen LogP contribution in [0.25, 0.3) is 0 Å². The number of ether oxygens (including phenoxy) is 1. The molecule has 1 atom stereocenters. The number of piperazine rings is 1. The predicted octanol–water partition coefficient (Wildman–Crippen LogP) is 0.232. The molecule has 1 aliphatic heterocycles. The van der Waals surface area contributed by atoms with Crippen molar-refractivity contribution in [3.8, 4) is 0 Å². The molecular weight excluding hydrogens is 180 g/mol. The maximum absolute atomic E-state index is 12.0. The Hall–Kier alpha value is -0.610. The SMILES string of the molecule is COC(C)(C)C(=O)N1CCN[C@@H](C)C1. The van der Waals surface area contributed by atoms with Crippen LogP contribution < -0.4 is 5.32 Å². The smallest absolute Gasteiger partial charge is 0.254 e. The summed E-state index contributed by atoms with van der Waals surface area (Å²) < 4.78 is 5.18. The molecule has 0 aromatic rings. The zero-order valence-corrected chi connectivity index (χ0v) is 9.46. The largest absolute Gasteiger partial charge is 0.369 e. The molecular formula is C10H20N2O2. The van der Waals surface area contributed by atoms with Gasteiger partial charge in [0, 0.05) is 32.8 Å². The van der Waals surface area contributed by atoms with Gasteiger partial charge in [-0.3, -0.25) is 4.79 Å². The second-order valence-electron chi connectivity index (χ2n) is 4.32. The molecule has 0 unspecified atom stereocenters. The van der Waals surface area contributed by atoms with E-state index in [1.54, 1.807) is 7.11 Å². The molecule has 4 heteroatoms. The lowest BCUT2D eigenvalue weighted by atomic mass is 10.1. The van der Waals surface area contributed by atoms with Gasteiger partial charge in [-0.1, -0.05) is 0 Å². The van der Waals surface area contributed by atoms with Crippen LogP contribution in [-0.4, -0.2) is 49.2 Å². The molecule has 0 spiro atoms. The third kappa shape index (κ3) is 2.45. The van der Waals surface area contributed by atoms with Crippen molar-refractivity contribution < 1.29 is 9.53 Å². The van der Waals surface area contributed by atoms with Crippen LogP contribution in [-0.2, 0) is 9.53 Å². The van der Waals surface area contributed by atoms with Crippen LogP contribution in [0.1, 0.15) is 20.8 Å². The zero-order chi connectivity index (χ0) is 10.8. The topological polar surface area (TPSA) is 41.6 Å². The Labute approximate surface area is 85.6 Å². The second-order valence-corrected chi connectivity index (χ2v) is 4.32. The fourth-order valence-electron chi connectivity index (χ4n) is 1.58. The summed E-state index contributed by atoms with van der Waals surface area (Å²) in [5, 5.41) is 3.30. The van der Waals surface area contributed by atoms with Crippen molar-refractivity contribution in [2.24, 2.45) is 0 Å². The van der Waals surface area contributed by atoms with Crippen LogP contribution in [0.4, 0.5) is 0 Å². The molecule has 1 fully saturated rings. The molecule has 0 aliphatic carbocycles. The number of rotatable bonds is 2. The van der Waals surface area contributed by atoms with E-state index in [0.717, 1.165) is 19.6 Å². The van der Waals surface area contributed by atoms with Gasteiger partial charge in [-0.25, -0.2) is 0 Å². The molecule has 0 aromatic heterocycles. The minimum atomic E-state index is -0.697. The fraction of sp³-hybridized carbons (Fsp3) is 0.900. The summed E-state index contributed by atoms with van der Waals surface area (Å²) in [7, 11) is 1.57. The normalized spacial score (nSPS) is 23.7. The van der Waals surface area contributed by atoms with Gasteiger partial charge < -0.3 is 15.0 Å². The van der Waals surface area contributed by atoms with Crippen LogP contribution >= 0.6 is 0 Å². The first-order valence-corrected chi connectivity index (χ1v) is 5.05. The van der Waals surface area contributed by atoms with E-state index in [1.807, 2.05) is 18.7 Å². The summed E-state index contributed by atoms with van der Waals surface area (Å²) >= 11 is 0. The van der Waals surface area contributed by atoms with Crippen molar-refractivity contribution in [1.82, 2.24) is 10.2 Å². The highest BCUT2D eigenvalue weighted by Crippen LogP contribution is 2.13. The van der Waals surface area contributed by atoms with E-state index in [4.69, 9.17) is 4.74 Å².